The van der Waals surface area contributed by atoms with Gasteiger partial charge in [0.1, 0.15) is 0 Å². The van der Waals surface area contributed by atoms with Gasteiger partial charge in [-0.2, -0.15) is 0 Å². The van der Waals surface area contributed by atoms with Gasteiger partial charge in [0.05, 0.1) is 19.3 Å². The minimum absolute atomic E-state index is 0.348. The van der Waals surface area contributed by atoms with Crippen LogP contribution in [0.25, 0.3) is 0 Å². The summed E-state index contributed by atoms with van der Waals surface area (Å²) in [5, 5.41) is 0.375. The first-order valence-corrected chi connectivity index (χ1v) is 7.08. The molecule has 0 N–H and O–H groups in total. The highest BCUT2D eigenvalue weighted by Gasteiger charge is 2.56. The molecule has 1 spiro atoms. The molecule has 92 valence electrons. The Bertz CT molecular complexity index is 244. The summed E-state index contributed by atoms with van der Waals surface area (Å²) in [5.74, 6) is 0.632. The van der Waals surface area contributed by atoms with Crippen molar-refractivity contribution in [3.8, 4) is 0 Å². The molecule has 0 aromatic rings. The molecule has 0 radical (unpaired) electrons. The summed E-state index contributed by atoms with van der Waals surface area (Å²) in [6.07, 6.45) is 7.93. The average Bonchev–Trinajstić information content (AvgIpc) is 2.95. The van der Waals surface area contributed by atoms with E-state index in [4.69, 9.17) is 21.1 Å². The highest BCUT2D eigenvalue weighted by molar-refractivity contribution is 6.21. The van der Waals surface area contributed by atoms with Gasteiger partial charge in [-0.3, -0.25) is 0 Å². The molecule has 3 atom stereocenters. The smallest absolute Gasteiger partial charge is 0.0659 e. The van der Waals surface area contributed by atoms with Gasteiger partial charge in [0.2, 0.25) is 0 Å². The van der Waals surface area contributed by atoms with Crippen molar-refractivity contribution in [2.24, 2.45) is 11.3 Å². The van der Waals surface area contributed by atoms with Gasteiger partial charge in [0, 0.05) is 23.3 Å². The highest BCUT2D eigenvalue weighted by Crippen LogP contribution is 2.57. The van der Waals surface area contributed by atoms with Gasteiger partial charge in [0.15, 0.2) is 0 Å². The summed E-state index contributed by atoms with van der Waals surface area (Å²) in [4.78, 5) is 0. The fourth-order valence-electron chi connectivity index (χ4n) is 3.57. The Morgan fingerprint density at radius 1 is 1.31 bits per heavy atom. The molecule has 3 unspecified atom stereocenters. The van der Waals surface area contributed by atoms with E-state index in [0.717, 1.165) is 26.2 Å². The molecule has 1 saturated heterocycles. The van der Waals surface area contributed by atoms with E-state index in [1.165, 1.54) is 32.1 Å². The molecular formula is C13H21ClO2. The van der Waals surface area contributed by atoms with Crippen molar-refractivity contribution >= 4 is 11.6 Å². The molecule has 3 rings (SSSR count). The molecule has 0 aromatic heterocycles. The van der Waals surface area contributed by atoms with Crippen LogP contribution in [0.1, 0.15) is 38.5 Å². The lowest BCUT2D eigenvalue weighted by Crippen LogP contribution is -2.54. The van der Waals surface area contributed by atoms with Crippen molar-refractivity contribution in [2.45, 2.75) is 50.0 Å². The summed E-state index contributed by atoms with van der Waals surface area (Å²) >= 11 is 6.40. The molecule has 1 aliphatic heterocycles. The zero-order valence-electron chi connectivity index (χ0n) is 9.79. The van der Waals surface area contributed by atoms with Crippen molar-refractivity contribution in [2.75, 3.05) is 19.8 Å². The van der Waals surface area contributed by atoms with Gasteiger partial charge in [-0.15, -0.1) is 11.6 Å². The summed E-state index contributed by atoms with van der Waals surface area (Å²) in [5.41, 5.74) is 0.348. The number of halogens is 1. The molecule has 3 heteroatoms. The fraction of sp³-hybridized carbons (Fsp3) is 1.00. The van der Waals surface area contributed by atoms with Crippen LogP contribution in [0.2, 0.25) is 0 Å². The Morgan fingerprint density at radius 3 is 2.75 bits per heavy atom. The van der Waals surface area contributed by atoms with E-state index < -0.39 is 0 Å². The van der Waals surface area contributed by atoms with E-state index in [-0.39, 0.29) is 0 Å². The van der Waals surface area contributed by atoms with E-state index in [1.54, 1.807) is 0 Å². The van der Waals surface area contributed by atoms with Crippen LogP contribution >= 0.6 is 11.6 Å². The van der Waals surface area contributed by atoms with Crippen LogP contribution in [0, 0.1) is 11.3 Å². The zero-order valence-corrected chi connectivity index (χ0v) is 10.5. The molecule has 16 heavy (non-hydrogen) atoms. The van der Waals surface area contributed by atoms with E-state index in [0.29, 0.717) is 22.8 Å². The van der Waals surface area contributed by atoms with E-state index >= 15 is 0 Å². The molecule has 2 aliphatic carbocycles. The minimum Gasteiger partial charge on any atom is -0.381 e. The van der Waals surface area contributed by atoms with Crippen LogP contribution < -0.4 is 0 Å². The molecule has 0 amide bonds. The van der Waals surface area contributed by atoms with Gasteiger partial charge in [-0.05, 0) is 25.7 Å². The number of rotatable bonds is 3. The van der Waals surface area contributed by atoms with Gasteiger partial charge in [0.25, 0.3) is 0 Å². The zero-order chi connectivity index (χ0) is 11.0. The van der Waals surface area contributed by atoms with Gasteiger partial charge < -0.3 is 9.47 Å². The number of alkyl halides is 1. The normalized spacial score (nSPS) is 41.4. The van der Waals surface area contributed by atoms with Crippen molar-refractivity contribution < 1.29 is 9.47 Å². The Kier molecular flexibility index (Phi) is 3.16. The van der Waals surface area contributed by atoms with E-state index in [9.17, 15) is 0 Å². The van der Waals surface area contributed by atoms with Gasteiger partial charge >= 0.3 is 0 Å². The topological polar surface area (TPSA) is 18.5 Å². The van der Waals surface area contributed by atoms with Crippen LogP contribution in [0.3, 0.4) is 0 Å². The van der Waals surface area contributed by atoms with Crippen molar-refractivity contribution in [1.82, 2.24) is 0 Å². The predicted molar refractivity (Wildman–Crippen MR) is 63.8 cm³/mol. The molecular weight excluding hydrogens is 224 g/mol. The monoisotopic (exact) mass is 244 g/mol. The first kappa shape index (κ1) is 11.3. The van der Waals surface area contributed by atoms with Crippen LogP contribution in [0.15, 0.2) is 0 Å². The minimum atomic E-state index is 0.348. The Morgan fingerprint density at radius 2 is 2.12 bits per heavy atom. The third-order valence-corrected chi connectivity index (χ3v) is 5.39. The van der Waals surface area contributed by atoms with Crippen molar-refractivity contribution in [1.29, 1.82) is 0 Å². The summed E-state index contributed by atoms with van der Waals surface area (Å²) < 4.78 is 11.5. The second-order valence-corrected chi connectivity index (χ2v) is 6.22. The molecule has 2 nitrogen and oxygen atoms in total. The summed E-state index contributed by atoms with van der Waals surface area (Å²) in [6, 6.07) is 0. The molecule has 3 fully saturated rings. The lowest BCUT2D eigenvalue weighted by atomic mass is 9.64. The van der Waals surface area contributed by atoms with Crippen LogP contribution in [0.5, 0.6) is 0 Å². The lowest BCUT2D eigenvalue weighted by molar-refractivity contribution is -0.113. The quantitative estimate of drug-likeness (QED) is 0.711. The number of hydrogen-bond donors (Lipinski definition) is 0. The van der Waals surface area contributed by atoms with Gasteiger partial charge in [-0.1, -0.05) is 12.8 Å². The SMILES string of the molecule is ClC1CC(OCC2CCOC2)C12CCCC2. The number of ether oxygens (including phenoxy) is 2. The van der Waals surface area contributed by atoms with E-state index in [1.807, 2.05) is 0 Å². The van der Waals surface area contributed by atoms with Crippen LogP contribution in [-0.4, -0.2) is 31.3 Å². The van der Waals surface area contributed by atoms with Crippen molar-refractivity contribution in [3.05, 3.63) is 0 Å². The predicted octanol–water partition coefficient (Wildman–Crippen LogP) is 2.98. The maximum Gasteiger partial charge on any atom is 0.0659 e. The second-order valence-electron chi connectivity index (χ2n) is 5.70. The number of hydrogen-bond acceptors (Lipinski definition) is 2. The largest absolute Gasteiger partial charge is 0.381 e. The average molecular weight is 245 g/mol. The Balaban J connectivity index is 1.51. The van der Waals surface area contributed by atoms with E-state index in [2.05, 4.69) is 0 Å². The summed E-state index contributed by atoms with van der Waals surface area (Å²) in [7, 11) is 0. The first-order chi connectivity index (χ1) is 7.81. The Hall–Kier alpha value is 0.210. The standard InChI is InChI=1S/C13H21ClO2/c14-11-7-12(13(11)4-1-2-5-13)16-9-10-3-6-15-8-10/h10-12H,1-9H2. The van der Waals surface area contributed by atoms with Crippen molar-refractivity contribution in [3.63, 3.8) is 0 Å². The third-order valence-electron chi connectivity index (χ3n) is 4.78. The van der Waals surface area contributed by atoms with Crippen LogP contribution in [-0.2, 0) is 9.47 Å². The maximum atomic E-state index is 6.40. The summed E-state index contributed by atoms with van der Waals surface area (Å²) in [6.45, 7) is 2.70. The maximum absolute atomic E-state index is 6.40. The highest BCUT2D eigenvalue weighted by atomic mass is 35.5. The molecule has 2 saturated carbocycles. The van der Waals surface area contributed by atoms with Gasteiger partial charge in [-0.25, -0.2) is 0 Å². The van der Waals surface area contributed by atoms with Crippen LogP contribution in [0.4, 0.5) is 0 Å². The second kappa shape index (κ2) is 4.47. The lowest BCUT2D eigenvalue weighted by Gasteiger charge is -2.51. The molecule has 3 aliphatic rings. The Labute approximate surface area is 103 Å². The molecule has 0 bridgehead atoms. The molecule has 0 aromatic carbocycles. The first-order valence-electron chi connectivity index (χ1n) is 6.65. The fourth-order valence-corrected chi connectivity index (χ4v) is 4.09. The molecule has 1 heterocycles. The third kappa shape index (κ3) is 1.79.